The van der Waals surface area contributed by atoms with Crippen LogP contribution < -0.4 is 21.3 Å². The lowest BCUT2D eigenvalue weighted by Gasteiger charge is -2.18. The minimum Gasteiger partial charge on any atom is -0.491 e. The van der Waals surface area contributed by atoms with Gasteiger partial charge in [0.15, 0.2) is 0 Å². The van der Waals surface area contributed by atoms with Gasteiger partial charge in [-0.25, -0.2) is 5.43 Å². The smallest absolute Gasteiger partial charge is 0.119 e. The van der Waals surface area contributed by atoms with Gasteiger partial charge in [-0.2, -0.15) is 0 Å². The Bertz CT molecular complexity index is 377. The standard InChI is InChI=1S/C14H23N3O/c1-9(2)18-12-6-4-11(5-7-12)14-10(3)13(8-15)16-17-14/h4-7,9-10,13-14,16-17H,8,15H2,1-3H3. The molecule has 0 aliphatic carbocycles. The van der Waals surface area contributed by atoms with E-state index in [1.807, 2.05) is 26.0 Å². The first-order chi connectivity index (χ1) is 8.61. The number of hydrogen-bond donors (Lipinski definition) is 3. The molecule has 3 unspecified atom stereocenters. The van der Waals surface area contributed by atoms with Crippen molar-refractivity contribution >= 4 is 0 Å². The third kappa shape index (κ3) is 2.83. The van der Waals surface area contributed by atoms with Crippen molar-refractivity contribution in [2.75, 3.05) is 6.54 Å². The van der Waals surface area contributed by atoms with Gasteiger partial charge in [0.1, 0.15) is 5.75 Å². The summed E-state index contributed by atoms with van der Waals surface area (Å²) in [6.07, 6.45) is 0.211. The van der Waals surface area contributed by atoms with Crippen molar-refractivity contribution in [2.45, 2.75) is 39.0 Å². The zero-order valence-electron chi connectivity index (χ0n) is 11.3. The van der Waals surface area contributed by atoms with Crippen molar-refractivity contribution < 1.29 is 4.74 Å². The van der Waals surface area contributed by atoms with Crippen molar-refractivity contribution in [1.82, 2.24) is 10.9 Å². The fourth-order valence-corrected chi connectivity index (χ4v) is 2.38. The van der Waals surface area contributed by atoms with Crippen LogP contribution in [0.3, 0.4) is 0 Å². The average Bonchev–Trinajstić information content (AvgIpc) is 2.71. The van der Waals surface area contributed by atoms with E-state index in [2.05, 4.69) is 29.9 Å². The Kier molecular flexibility index (Phi) is 4.22. The lowest BCUT2D eigenvalue weighted by Crippen LogP contribution is -2.37. The Morgan fingerprint density at radius 3 is 2.39 bits per heavy atom. The van der Waals surface area contributed by atoms with Crippen LogP contribution in [0.25, 0.3) is 0 Å². The van der Waals surface area contributed by atoms with E-state index in [9.17, 15) is 0 Å². The number of hydrogen-bond acceptors (Lipinski definition) is 4. The molecule has 1 fully saturated rings. The largest absolute Gasteiger partial charge is 0.491 e. The molecule has 0 saturated carbocycles. The van der Waals surface area contributed by atoms with E-state index >= 15 is 0 Å². The fourth-order valence-electron chi connectivity index (χ4n) is 2.38. The van der Waals surface area contributed by atoms with E-state index in [0.29, 0.717) is 24.5 Å². The topological polar surface area (TPSA) is 59.3 Å². The van der Waals surface area contributed by atoms with Crippen LogP contribution >= 0.6 is 0 Å². The van der Waals surface area contributed by atoms with E-state index in [-0.39, 0.29) is 6.10 Å². The minimum absolute atomic E-state index is 0.211. The van der Waals surface area contributed by atoms with Gasteiger partial charge in [0.25, 0.3) is 0 Å². The third-order valence-electron chi connectivity index (χ3n) is 3.45. The molecule has 1 heterocycles. The summed E-state index contributed by atoms with van der Waals surface area (Å²) in [5.41, 5.74) is 13.5. The number of rotatable bonds is 4. The van der Waals surface area contributed by atoms with Crippen molar-refractivity contribution in [3.63, 3.8) is 0 Å². The molecular weight excluding hydrogens is 226 g/mol. The maximum Gasteiger partial charge on any atom is 0.119 e. The number of nitrogens with one attached hydrogen (secondary N) is 2. The first kappa shape index (κ1) is 13.3. The molecule has 1 aromatic carbocycles. The highest BCUT2D eigenvalue weighted by atomic mass is 16.5. The van der Waals surface area contributed by atoms with Crippen molar-refractivity contribution in [1.29, 1.82) is 0 Å². The van der Waals surface area contributed by atoms with Crippen LogP contribution in [0.5, 0.6) is 5.75 Å². The zero-order chi connectivity index (χ0) is 13.1. The molecule has 0 bridgehead atoms. The third-order valence-corrected chi connectivity index (χ3v) is 3.45. The summed E-state index contributed by atoms with van der Waals surface area (Å²) in [4.78, 5) is 0. The molecule has 1 saturated heterocycles. The van der Waals surface area contributed by atoms with Gasteiger partial charge in [-0.3, -0.25) is 5.43 Å². The summed E-state index contributed by atoms with van der Waals surface area (Å²) in [7, 11) is 0. The maximum atomic E-state index is 5.72. The Hall–Kier alpha value is -1.10. The second-order valence-electron chi connectivity index (χ2n) is 5.20. The number of hydrazine groups is 1. The molecule has 0 spiro atoms. The van der Waals surface area contributed by atoms with Gasteiger partial charge in [-0.05, 0) is 37.5 Å². The summed E-state index contributed by atoms with van der Waals surface area (Å²) in [6.45, 7) is 6.93. The fraction of sp³-hybridized carbons (Fsp3) is 0.571. The molecular formula is C14H23N3O. The Morgan fingerprint density at radius 2 is 1.89 bits per heavy atom. The van der Waals surface area contributed by atoms with Crippen LogP contribution in [-0.4, -0.2) is 18.7 Å². The summed E-state index contributed by atoms with van der Waals surface area (Å²) >= 11 is 0. The van der Waals surface area contributed by atoms with Gasteiger partial charge in [0.05, 0.1) is 12.1 Å². The normalized spacial score (nSPS) is 27.7. The highest BCUT2D eigenvalue weighted by Gasteiger charge is 2.32. The predicted octanol–water partition coefficient (Wildman–Crippen LogP) is 1.59. The van der Waals surface area contributed by atoms with Gasteiger partial charge in [-0.1, -0.05) is 19.1 Å². The summed E-state index contributed by atoms with van der Waals surface area (Å²) in [5, 5.41) is 0. The Labute approximate surface area is 109 Å². The zero-order valence-corrected chi connectivity index (χ0v) is 11.3. The minimum atomic E-state index is 0.211. The van der Waals surface area contributed by atoms with Crippen molar-refractivity contribution in [3.8, 4) is 5.75 Å². The molecule has 1 aliphatic rings. The van der Waals surface area contributed by atoms with Crippen LogP contribution in [0.15, 0.2) is 24.3 Å². The molecule has 1 aliphatic heterocycles. The van der Waals surface area contributed by atoms with Gasteiger partial charge >= 0.3 is 0 Å². The summed E-state index contributed by atoms with van der Waals surface area (Å²) in [5.74, 6) is 1.40. The first-order valence-electron chi connectivity index (χ1n) is 6.59. The lowest BCUT2D eigenvalue weighted by molar-refractivity contribution is 0.242. The molecule has 4 N–H and O–H groups in total. The molecule has 0 amide bonds. The Balaban J connectivity index is 2.06. The molecule has 4 nitrogen and oxygen atoms in total. The van der Waals surface area contributed by atoms with Crippen LogP contribution in [0, 0.1) is 5.92 Å². The predicted molar refractivity (Wildman–Crippen MR) is 73.2 cm³/mol. The molecule has 0 radical (unpaired) electrons. The van der Waals surface area contributed by atoms with Gasteiger partial charge in [-0.15, -0.1) is 0 Å². The van der Waals surface area contributed by atoms with E-state index in [1.54, 1.807) is 0 Å². The second kappa shape index (κ2) is 5.69. The molecule has 100 valence electrons. The Morgan fingerprint density at radius 1 is 1.22 bits per heavy atom. The first-order valence-corrected chi connectivity index (χ1v) is 6.59. The highest BCUT2D eigenvalue weighted by Crippen LogP contribution is 2.29. The van der Waals surface area contributed by atoms with Crippen molar-refractivity contribution in [2.24, 2.45) is 11.7 Å². The number of benzene rings is 1. The molecule has 18 heavy (non-hydrogen) atoms. The van der Waals surface area contributed by atoms with Crippen LogP contribution in [0.1, 0.15) is 32.4 Å². The maximum absolute atomic E-state index is 5.72. The van der Waals surface area contributed by atoms with Gasteiger partial charge < -0.3 is 10.5 Å². The quantitative estimate of drug-likeness (QED) is 0.758. The highest BCUT2D eigenvalue weighted by molar-refractivity contribution is 5.30. The summed E-state index contributed by atoms with van der Waals surface area (Å²) < 4.78 is 5.64. The lowest BCUT2D eigenvalue weighted by atomic mass is 9.91. The van der Waals surface area contributed by atoms with E-state index in [0.717, 1.165) is 5.75 Å². The SMILES string of the molecule is CC(C)Oc1ccc(C2NNC(CN)C2C)cc1. The van der Waals surface area contributed by atoms with Crippen LogP contribution in [0.4, 0.5) is 0 Å². The van der Waals surface area contributed by atoms with E-state index < -0.39 is 0 Å². The van der Waals surface area contributed by atoms with Gasteiger partial charge in [0, 0.05) is 12.6 Å². The molecule has 0 aromatic heterocycles. The molecule has 3 atom stereocenters. The summed E-state index contributed by atoms with van der Waals surface area (Å²) in [6, 6.07) is 8.94. The number of nitrogens with two attached hydrogens (primary N) is 1. The van der Waals surface area contributed by atoms with Crippen molar-refractivity contribution in [3.05, 3.63) is 29.8 Å². The second-order valence-corrected chi connectivity index (χ2v) is 5.20. The van der Waals surface area contributed by atoms with Crippen LogP contribution in [-0.2, 0) is 0 Å². The van der Waals surface area contributed by atoms with Gasteiger partial charge in [0.2, 0.25) is 0 Å². The molecule has 4 heteroatoms. The monoisotopic (exact) mass is 249 g/mol. The van der Waals surface area contributed by atoms with Crippen LogP contribution in [0.2, 0.25) is 0 Å². The molecule has 2 rings (SSSR count). The molecule has 1 aromatic rings. The number of ether oxygens (including phenoxy) is 1. The average molecular weight is 249 g/mol. The van der Waals surface area contributed by atoms with E-state index in [1.165, 1.54) is 5.56 Å². The van der Waals surface area contributed by atoms with E-state index in [4.69, 9.17) is 10.5 Å².